The molecule has 1 aliphatic rings. The Morgan fingerprint density at radius 3 is 2.31 bits per heavy atom. The number of allylic oxidation sites excluding steroid dienone is 3. The minimum absolute atomic E-state index is 0.0230. The van der Waals surface area contributed by atoms with Gasteiger partial charge in [0.1, 0.15) is 5.75 Å². The number of carbonyl (C=O) groups is 2. The molecular weight excluding hydrogens is 335 g/mol. The zero-order valence-electron chi connectivity index (χ0n) is 15.1. The molecule has 1 unspecified atom stereocenters. The number of rotatable bonds is 5. The largest absolute Gasteiger partial charge is 0.424 e. The van der Waals surface area contributed by atoms with E-state index in [0.717, 1.165) is 5.56 Å². The maximum absolute atomic E-state index is 14.1. The molecule has 0 fully saturated rings. The number of hydrogen-bond donors (Lipinski definition) is 0. The fourth-order valence-electron chi connectivity index (χ4n) is 2.15. The molecule has 138 valence electrons. The van der Waals surface area contributed by atoms with Gasteiger partial charge < -0.3 is 9.47 Å². The van der Waals surface area contributed by atoms with Crippen molar-refractivity contribution in [3.63, 3.8) is 0 Å². The number of hydrogen-bond acceptors (Lipinski definition) is 4. The third-order valence-corrected chi connectivity index (χ3v) is 3.52. The summed E-state index contributed by atoms with van der Waals surface area (Å²) >= 11 is 0. The van der Waals surface area contributed by atoms with Crippen LogP contribution in [0.25, 0.3) is 0 Å². The highest BCUT2D eigenvalue weighted by Crippen LogP contribution is 2.32. The number of carbonyl (C=O) groups excluding carboxylic acids is 2. The van der Waals surface area contributed by atoms with E-state index in [0.29, 0.717) is 17.7 Å². The highest BCUT2D eigenvalue weighted by atomic mass is 19.1. The van der Waals surface area contributed by atoms with Gasteiger partial charge in [0.05, 0.1) is 0 Å². The zero-order valence-corrected chi connectivity index (χ0v) is 15.1. The second-order valence-electron chi connectivity index (χ2n) is 5.49. The van der Waals surface area contributed by atoms with Crippen molar-refractivity contribution in [2.24, 2.45) is 0 Å². The van der Waals surface area contributed by atoms with Crippen LogP contribution in [-0.2, 0) is 14.3 Å². The summed E-state index contributed by atoms with van der Waals surface area (Å²) in [5.74, 6) is -1.29. The molecule has 5 heteroatoms. The van der Waals surface area contributed by atoms with Crippen LogP contribution >= 0.6 is 0 Å². The highest BCUT2D eigenvalue weighted by molar-refractivity contribution is 5.88. The van der Waals surface area contributed by atoms with Crippen LogP contribution in [0.2, 0.25) is 0 Å². The lowest BCUT2D eigenvalue weighted by Crippen LogP contribution is -2.09. The van der Waals surface area contributed by atoms with Gasteiger partial charge in [0.15, 0.2) is 11.6 Å². The fraction of sp³-hybridized carbons (Fsp3) is 0.238. The van der Waals surface area contributed by atoms with Gasteiger partial charge >= 0.3 is 11.9 Å². The van der Waals surface area contributed by atoms with E-state index in [-0.39, 0.29) is 18.1 Å². The highest BCUT2D eigenvalue weighted by Gasteiger charge is 2.20. The van der Waals surface area contributed by atoms with E-state index >= 15 is 0 Å². The van der Waals surface area contributed by atoms with Crippen molar-refractivity contribution < 1.29 is 23.5 Å². The molecule has 0 radical (unpaired) electrons. The summed E-state index contributed by atoms with van der Waals surface area (Å²) in [6.07, 6.45) is 3.71. The van der Waals surface area contributed by atoms with Crippen LogP contribution < -0.4 is 4.74 Å². The van der Waals surface area contributed by atoms with Gasteiger partial charge in [0.2, 0.25) is 0 Å². The van der Waals surface area contributed by atoms with Crippen LogP contribution in [-0.4, -0.2) is 11.9 Å². The van der Waals surface area contributed by atoms with Gasteiger partial charge in [-0.15, -0.1) is 13.2 Å². The molecule has 2 rings (SSSR count). The molecular formula is C21H23FO4. The summed E-state index contributed by atoms with van der Waals surface area (Å²) in [5.41, 5.74) is 1.19. The second kappa shape index (κ2) is 10.1. The van der Waals surface area contributed by atoms with E-state index in [1.54, 1.807) is 44.2 Å². The fourth-order valence-corrected chi connectivity index (χ4v) is 2.15. The smallest absolute Gasteiger partial charge is 0.338 e. The summed E-state index contributed by atoms with van der Waals surface area (Å²) in [6.45, 7) is 12.7. The van der Waals surface area contributed by atoms with Crippen LogP contribution in [0.5, 0.6) is 5.75 Å². The maximum atomic E-state index is 14.1. The van der Waals surface area contributed by atoms with E-state index in [1.165, 1.54) is 6.08 Å². The zero-order chi connectivity index (χ0) is 19.7. The second-order valence-corrected chi connectivity index (χ2v) is 5.49. The topological polar surface area (TPSA) is 52.6 Å². The standard InChI is InChI=1S/C19H19FO4.C2H4/c1-4-18(21)24-17-10-7-14(11-16(17)20)13-5-8-15(9-6-13)23-19(22)12(2)3;1-2/h5-6,8-11,14H,2,4,7H2,1,3H3;1-2H2. The average Bonchev–Trinajstić information content (AvgIpc) is 2.65. The van der Waals surface area contributed by atoms with Crippen LogP contribution in [0.15, 0.2) is 73.3 Å². The summed E-state index contributed by atoms with van der Waals surface area (Å²) in [7, 11) is 0. The van der Waals surface area contributed by atoms with E-state index in [4.69, 9.17) is 9.47 Å². The van der Waals surface area contributed by atoms with Gasteiger partial charge in [-0.2, -0.15) is 0 Å². The van der Waals surface area contributed by atoms with Crippen LogP contribution in [0.4, 0.5) is 4.39 Å². The molecule has 1 aromatic carbocycles. The van der Waals surface area contributed by atoms with Crippen molar-refractivity contribution >= 4 is 11.9 Å². The molecule has 1 aliphatic carbocycles. The number of benzene rings is 1. The molecule has 1 aromatic rings. The third kappa shape index (κ3) is 5.84. The molecule has 0 heterocycles. The Hall–Kier alpha value is -2.95. The van der Waals surface area contributed by atoms with Crippen molar-refractivity contribution in [3.05, 3.63) is 78.9 Å². The maximum Gasteiger partial charge on any atom is 0.338 e. The first-order chi connectivity index (χ1) is 12.4. The lowest BCUT2D eigenvalue weighted by molar-refractivity contribution is -0.139. The van der Waals surface area contributed by atoms with Gasteiger partial charge in [0.25, 0.3) is 0 Å². The summed E-state index contributed by atoms with van der Waals surface area (Å²) in [6, 6.07) is 6.84. The van der Waals surface area contributed by atoms with Crippen LogP contribution in [0.1, 0.15) is 38.2 Å². The predicted octanol–water partition coefficient (Wildman–Crippen LogP) is 5.15. The van der Waals surface area contributed by atoms with Gasteiger partial charge in [-0.25, -0.2) is 9.18 Å². The van der Waals surface area contributed by atoms with Crippen molar-refractivity contribution in [2.75, 3.05) is 0 Å². The Bertz CT molecular complexity index is 729. The number of esters is 2. The summed E-state index contributed by atoms with van der Waals surface area (Å²) in [4.78, 5) is 22.7. The number of halogens is 1. The molecule has 0 aliphatic heterocycles. The van der Waals surface area contributed by atoms with Gasteiger partial charge in [-0.3, -0.25) is 4.79 Å². The van der Waals surface area contributed by atoms with E-state index in [9.17, 15) is 14.0 Å². The molecule has 4 nitrogen and oxygen atoms in total. The molecule has 26 heavy (non-hydrogen) atoms. The first-order valence-corrected chi connectivity index (χ1v) is 8.17. The van der Waals surface area contributed by atoms with Gasteiger partial charge in [-0.1, -0.05) is 25.6 Å². The van der Waals surface area contributed by atoms with Gasteiger partial charge in [-0.05, 0) is 43.2 Å². The van der Waals surface area contributed by atoms with E-state index in [1.807, 2.05) is 0 Å². The Labute approximate surface area is 153 Å². The van der Waals surface area contributed by atoms with E-state index in [2.05, 4.69) is 19.7 Å². The Morgan fingerprint density at radius 1 is 1.19 bits per heavy atom. The van der Waals surface area contributed by atoms with Crippen LogP contribution in [0, 0.1) is 0 Å². The Balaban J connectivity index is 0.00000163. The van der Waals surface area contributed by atoms with Crippen molar-refractivity contribution in [3.8, 4) is 5.75 Å². The SMILES string of the molecule is C=C.C=C(C)C(=O)Oc1ccc(C2C=C(F)C(OC(=O)CC)=CC2)cc1. The van der Waals surface area contributed by atoms with Crippen LogP contribution in [0.3, 0.4) is 0 Å². The normalized spacial score (nSPS) is 15.6. The van der Waals surface area contributed by atoms with E-state index < -0.39 is 17.8 Å². The number of ether oxygens (including phenoxy) is 2. The molecule has 0 aromatic heterocycles. The van der Waals surface area contributed by atoms with Gasteiger partial charge in [0, 0.05) is 17.9 Å². The molecule has 0 bridgehead atoms. The molecule has 0 amide bonds. The minimum Gasteiger partial charge on any atom is -0.424 e. The third-order valence-electron chi connectivity index (χ3n) is 3.52. The Kier molecular flexibility index (Phi) is 8.22. The van der Waals surface area contributed by atoms with Crippen molar-refractivity contribution in [1.29, 1.82) is 0 Å². The predicted molar refractivity (Wildman–Crippen MR) is 99.2 cm³/mol. The molecule has 0 N–H and O–H groups in total. The molecule has 0 spiro atoms. The lowest BCUT2D eigenvalue weighted by atomic mass is 9.91. The summed E-state index contributed by atoms with van der Waals surface area (Å²) < 4.78 is 24.1. The molecule has 1 atom stereocenters. The first kappa shape index (κ1) is 21.1. The summed E-state index contributed by atoms with van der Waals surface area (Å²) in [5, 5.41) is 0. The average molecular weight is 358 g/mol. The quantitative estimate of drug-likeness (QED) is 0.316. The molecule has 0 saturated carbocycles. The van der Waals surface area contributed by atoms with Crippen molar-refractivity contribution in [2.45, 2.75) is 32.6 Å². The Morgan fingerprint density at radius 2 is 1.81 bits per heavy atom. The lowest BCUT2D eigenvalue weighted by Gasteiger charge is -2.18. The monoisotopic (exact) mass is 358 g/mol. The molecule has 0 saturated heterocycles. The minimum atomic E-state index is -0.550. The van der Waals surface area contributed by atoms with Crippen molar-refractivity contribution in [1.82, 2.24) is 0 Å². The first-order valence-electron chi connectivity index (χ1n) is 8.17.